The van der Waals surface area contributed by atoms with Crippen molar-refractivity contribution in [3.63, 3.8) is 0 Å². The summed E-state index contributed by atoms with van der Waals surface area (Å²) in [6, 6.07) is 8.76. The third-order valence-corrected chi connectivity index (χ3v) is 3.59. The second kappa shape index (κ2) is 8.29. The van der Waals surface area contributed by atoms with E-state index in [0.717, 1.165) is 4.47 Å². The summed E-state index contributed by atoms with van der Waals surface area (Å²) in [4.78, 5) is 35.3. The summed E-state index contributed by atoms with van der Waals surface area (Å²) in [6.45, 7) is 1.26. The number of furan rings is 1. The minimum Gasteiger partial charge on any atom is -0.548 e. The lowest BCUT2D eigenvalue weighted by atomic mass is 10.1. The lowest BCUT2D eigenvalue weighted by molar-refractivity contribution is -0.307. The van der Waals surface area contributed by atoms with Gasteiger partial charge >= 0.3 is 0 Å². The summed E-state index contributed by atoms with van der Waals surface area (Å²) in [6.07, 6.45) is 2.74. The Morgan fingerprint density at radius 3 is 2.60 bits per heavy atom. The van der Waals surface area contributed by atoms with Crippen LogP contribution in [0.1, 0.15) is 23.0 Å². The lowest BCUT2D eigenvalue weighted by Crippen LogP contribution is -2.48. The van der Waals surface area contributed by atoms with E-state index in [1.54, 1.807) is 24.3 Å². The number of hydrogen-bond donors (Lipinski definition) is 2. The fourth-order valence-electron chi connectivity index (χ4n) is 1.85. The van der Waals surface area contributed by atoms with Crippen LogP contribution in [0.4, 0.5) is 0 Å². The molecule has 1 atom stereocenters. The highest BCUT2D eigenvalue weighted by Crippen LogP contribution is 2.14. The molecule has 0 aliphatic rings. The summed E-state index contributed by atoms with van der Waals surface area (Å²) in [7, 11) is 0. The monoisotopic (exact) mass is 405 g/mol. The molecule has 0 saturated heterocycles. The number of nitrogens with one attached hydrogen (secondary N) is 2. The Hall–Kier alpha value is -2.87. The largest absolute Gasteiger partial charge is 0.548 e. The summed E-state index contributed by atoms with van der Waals surface area (Å²) >= 11 is 3.31. The van der Waals surface area contributed by atoms with Gasteiger partial charge in [-0.1, -0.05) is 28.1 Å². The molecule has 25 heavy (non-hydrogen) atoms. The zero-order valence-electron chi connectivity index (χ0n) is 13.1. The Bertz CT molecular complexity index is 814. The van der Waals surface area contributed by atoms with Crippen LogP contribution < -0.4 is 15.7 Å². The summed E-state index contributed by atoms with van der Waals surface area (Å²) in [5.41, 5.74) is 0.493. The minimum absolute atomic E-state index is 0.0147. The zero-order valence-corrected chi connectivity index (χ0v) is 14.7. The van der Waals surface area contributed by atoms with Crippen LogP contribution in [0.5, 0.6) is 0 Å². The third kappa shape index (κ3) is 5.32. The van der Waals surface area contributed by atoms with Gasteiger partial charge in [0.1, 0.15) is 5.70 Å². The van der Waals surface area contributed by atoms with Gasteiger partial charge in [-0.3, -0.25) is 9.59 Å². The fraction of sp³-hybridized carbons (Fsp3) is 0.118. The van der Waals surface area contributed by atoms with Gasteiger partial charge in [0, 0.05) is 4.47 Å². The molecule has 0 aliphatic carbocycles. The van der Waals surface area contributed by atoms with Crippen molar-refractivity contribution in [1.29, 1.82) is 0 Å². The van der Waals surface area contributed by atoms with Gasteiger partial charge in [-0.25, -0.2) is 0 Å². The van der Waals surface area contributed by atoms with Gasteiger partial charge in [-0.15, -0.1) is 0 Å². The standard InChI is InChI=1S/C17H15BrN2O5/c1-10(17(23)24)19-15(21)13(9-11-4-2-5-12(18)8-11)20-16(22)14-6-3-7-25-14/h2-10H,1H3,(H,19,21)(H,20,22)(H,23,24)/p-1/b13-9-/t10-/m0/s1. The van der Waals surface area contributed by atoms with Crippen LogP contribution in [0.2, 0.25) is 0 Å². The third-order valence-electron chi connectivity index (χ3n) is 3.10. The van der Waals surface area contributed by atoms with Crippen LogP contribution in [0.25, 0.3) is 6.08 Å². The van der Waals surface area contributed by atoms with Crippen molar-refractivity contribution in [3.05, 3.63) is 64.2 Å². The van der Waals surface area contributed by atoms with Crippen LogP contribution in [-0.2, 0) is 9.59 Å². The van der Waals surface area contributed by atoms with E-state index < -0.39 is 23.8 Å². The van der Waals surface area contributed by atoms with E-state index >= 15 is 0 Å². The number of benzene rings is 1. The second-order valence-electron chi connectivity index (χ2n) is 5.06. The van der Waals surface area contributed by atoms with Crippen molar-refractivity contribution in [3.8, 4) is 0 Å². The second-order valence-corrected chi connectivity index (χ2v) is 5.97. The van der Waals surface area contributed by atoms with Crippen LogP contribution in [0.3, 0.4) is 0 Å². The van der Waals surface area contributed by atoms with Crippen LogP contribution in [-0.4, -0.2) is 23.8 Å². The fourth-order valence-corrected chi connectivity index (χ4v) is 2.26. The van der Waals surface area contributed by atoms with Crippen molar-refractivity contribution < 1.29 is 23.9 Å². The summed E-state index contributed by atoms with van der Waals surface area (Å²) in [5.74, 6) is -2.83. The molecule has 0 bridgehead atoms. The van der Waals surface area contributed by atoms with Gasteiger partial charge in [-0.2, -0.15) is 0 Å². The molecular formula is C17H14BrN2O5-. The van der Waals surface area contributed by atoms with Crippen molar-refractivity contribution in [2.24, 2.45) is 0 Å². The van der Waals surface area contributed by atoms with Crippen LogP contribution in [0.15, 0.2) is 57.2 Å². The first-order valence-corrected chi connectivity index (χ1v) is 8.00. The molecule has 7 nitrogen and oxygen atoms in total. The molecule has 2 rings (SSSR count). The average Bonchev–Trinajstić information content (AvgIpc) is 3.08. The molecule has 2 N–H and O–H groups in total. The van der Waals surface area contributed by atoms with Gasteiger partial charge in [0.15, 0.2) is 5.76 Å². The zero-order chi connectivity index (χ0) is 18.4. The van der Waals surface area contributed by atoms with Crippen LogP contribution >= 0.6 is 15.9 Å². The highest BCUT2D eigenvalue weighted by atomic mass is 79.9. The number of carbonyl (C=O) groups is 3. The Morgan fingerprint density at radius 1 is 1.24 bits per heavy atom. The molecule has 1 aromatic heterocycles. The van der Waals surface area contributed by atoms with E-state index in [1.165, 1.54) is 31.4 Å². The molecule has 2 aromatic rings. The molecule has 1 heterocycles. The molecule has 0 spiro atoms. The smallest absolute Gasteiger partial charge is 0.291 e. The highest BCUT2D eigenvalue weighted by Gasteiger charge is 2.18. The molecule has 2 amide bonds. The summed E-state index contributed by atoms with van der Waals surface area (Å²) < 4.78 is 5.76. The Balaban J connectivity index is 2.28. The maximum absolute atomic E-state index is 12.3. The highest BCUT2D eigenvalue weighted by molar-refractivity contribution is 9.10. The molecule has 1 aromatic carbocycles. The van der Waals surface area contributed by atoms with Crippen molar-refractivity contribution in [1.82, 2.24) is 10.6 Å². The number of aliphatic carboxylic acids is 1. The molecule has 0 saturated carbocycles. The first kappa shape index (κ1) is 18.5. The van der Waals surface area contributed by atoms with Gasteiger partial charge in [-0.05, 0) is 42.8 Å². The molecule has 0 unspecified atom stereocenters. The number of carboxylic acids is 1. The first-order chi connectivity index (χ1) is 11.9. The minimum atomic E-state index is -1.44. The molecule has 0 radical (unpaired) electrons. The first-order valence-electron chi connectivity index (χ1n) is 7.20. The predicted octanol–water partition coefficient (Wildman–Crippen LogP) is 1.07. The molecule has 8 heteroatoms. The van der Waals surface area contributed by atoms with E-state index in [4.69, 9.17) is 4.42 Å². The number of rotatable bonds is 6. The maximum Gasteiger partial charge on any atom is 0.291 e. The number of carbonyl (C=O) groups excluding carboxylic acids is 3. The number of carboxylic acid groups (broad SMARTS) is 1. The molecule has 130 valence electrons. The van der Waals surface area contributed by atoms with Crippen molar-refractivity contribution >= 4 is 39.8 Å². The van der Waals surface area contributed by atoms with E-state index in [2.05, 4.69) is 26.6 Å². The Labute approximate surface area is 151 Å². The number of amides is 2. The van der Waals surface area contributed by atoms with Gasteiger partial charge in [0.05, 0.1) is 18.3 Å². The molecule has 0 fully saturated rings. The van der Waals surface area contributed by atoms with Crippen molar-refractivity contribution in [2.45, 2.75) is 13.0 Å². The van der Waals surface area contributed by atoms with E-state index in [9.17, 15) is 19.5 Å². The number of hydrogen-bond acceptors (Lipinski definition) is 5. The molecule has 0 aliphatic heterocycles. The Kier molecular flexibility index (Phi) is 6.13. The lowest BCUT2D eigenvalue weighted by Gasteiger charge is -2.16. The predicted molar refractivity (Wildman–Crippen MR) is 90.9 cm³/mol. The van der Waals surface area contributed by atoms with E-state index in [0.29, 0.717) is 5.56 Å². The topological polar surface area (TPSA) is 111 Å². The van der Waals surface area contributed by atoms with Crippen molar-refractivity contribution in [2.75, 3.05) is 0 Å². The Morgan fingerprint density at radius 2 is 2.00 bits per heavy atom. The van der Waals surface area contributed by atoms with E-state index in [-0.39, 0.29) is 11.5 Å². The molecular weight excluding hydrogens is 392 g/mol. The van der Waals surface area contributed by atoms with Gasteiger partial charge in [0.2, 0.25) is 0 Å². The average molecular weight is 406 g/mol. The maximum atomic E-state index is 12.3. The number of halogens is 1. The van der Waals surface area contributed by atoms with Gasteiger partial charge < -0.3 is 25.0 Å². The normalized spacial score (nSPS) is 12.3. The van der Waals surface area contributed by atoms with E-state index in [1.807, 2.05) is 0 Å². The van der Waals surface area contributed by atoms with Gasteiger partial charge in [0.25, 0.3) is 11.8 Å². The summed E-state index contributed by atoms with van der Waals surface area (Å²) in [5, 5.41) is 15.5. The quantitative estimate of drug-likeness (QED) is 0.698. The SMILES string of the molecule is C[C@H](NC(=O)/C(=C/c1cccc(Br)c1)NC(=O)c1ccco1)C(=O)[O-]. The van der Waals surface area contributed by atoms with Crippen LogP contribution in [0, 0.1) is 0 Å².